The second kappa shape index (κ2) is 5.39. The number of carbonyl (C=O) groups is 1. The molecular formula is C14H16N2O3. The molecule has 1 saturated heterocycles. The van der Waals surface area contributed by atoms with Gasteiger partial charge in [0.05, 0.1) is 36.9 Å². The van der Waals surface area contributed by atoms with E-state index in [1.54, 1.807) is 25.1 Å². The maximum Gasteiger partial charge on any atom is 0.251 e. The summed E-state index contributed by atoms with van der Waals surface area (Å²) in [6.45, 7) is 3.12. The Bertz CT molecular complexity index is 524. The van der Waals surface area contributed by atoms with Crippen LogP contribution in [0.4, 0.5) is 0 Å². The third kappa shape index (κ3) is 2.75. The molecule has 0 aliphatic carbocycles. The second-order valence-electron chi connectivity index (χ2n) is 4.98. The number of nitriles is 1. The number of amides is 1. The van der Waals surface area contributed by atoms with Crippen molar-refractivity contribution in [1.82, 2.24) is 5.32 Å². The Morgan fingerprint density at radius 3 is 2.79 bits per heavy atom. The van der Waals surface area contributed by atoms with Crippen LogP contribution >= 0.6 is 0 Å². The average molecular weight is 260 g/mol. The van der Waals surface area contributed by atoms with E-state index in [0.29, 0.717) is 30.9 Å². The van der Waals surface area contributed by atoms with E-state index >= 15 is 0 Å². The molecule has 0 radical (unpaired) electrons. The predicted octanol–water partition coefficient (Wildman–Crippen LogP) is 0.605. The summed E-state index contributed by atoms with van der Waals surface area (Å²) in [4.78, 5) is 12.1. The van der Waals surface area contributed by atoms with Gasteiger partial charge in [0.15, 0.2) is 0 Å². The lowest BCUT2D eigenvalue weighted by molar-refractivity contribution is -0.133. The van der Waals surface area contributed by atoms with Gasteiger partial charge in [0.25, 0.3) is 5.91 Å². The first-order valence-electron chi connectivity index (χ1n) is 6.08. The predicted molar refractivity (Wildman–Crippen MR) is 68.6 cm³/mol. The molecule has 0 saturated carbocycles. The Hall–Kier alpha value is -1.90. The van der Waals surface area contributed by atoms with Crippen LogP contribution in [-0.4, -0.2) is 37.4 Å². The van der Waals surface area contributed by atoms with Crippen LogP contribution in [-0.2, 0) is 4.74 Å². The molecule has 0 atom stereocenters. The van der Waals surface area contributed by atoms with Crippen molar-refractivity contribution in [2.24, 2.45) is 5.41 Å². The number of ether oxygens (including phenoxy) is 1. The third-order valence-corrected chi connectivity index (χ3v) is 3.38. The Morgan fingerprint density at radius 1 is 1.58 bits per heavy atom. The number of aliphatic hydroxyl groups excluding tert-OH is 1. The van der Waals surface area contributed by atoms with Gasteiger partial charge in [-0.2, -0.15) is 5.26 Å². The van der Waals surface area contributed by atoms with Gasteiger partial charge in [-0.3, -0.25) is 4.79 Å². The van der Waals surface area contributed by atoms with E-state index in [9.17, 15) is 9.90 Å². The highest BCUT2D eigenvalue weighted by molar-refractivity contribution is 5.95. The van der Waals surface area contributed by atoms with E-state index in [1.165, 1.54) is 0 Å². The Morgan fingerprint density at radius 2 is 2.32 bits per heavy atom. The lowest BCUT2D eigenvalue weighted by atomic mass is 9.87. The number of carbonyl (C=O) groups excluding carboxylic acids is 1. The number of rotatable bonds is 4. The highest BCUT2D eigenvalue weighted by atomic mass is 16.5. The number of aliphatic hydroxyl groups is 1. The SMILES string of the molecule is Cc1cc(C#N)ccc1C(=O)NCC1(CO)COC1. The van der Waals surface area contributed by atoms with Crippen molar-refractivity contribution >= 4 is 5.91 Å². The molecule has 0 aromatic heterocycles. The highest BCUT2D eigenvalue weighted by Crippen LogP contribution is 2.25. The number of hydrogen-bond donors (Lipinski definition) is 2. The summed E-state index contributed by atoms with van der Waals surface area (Å²) in [7, 11) is 0. The summed E-state index contributed by atoms with van der Waals surface area (Å²) < 4.78 is 5.07. The van der Waals surface area contributed by atoms with Crippen molar-refractivity contribution in [3.05, 3.63) is 34.9 Å². The standard InChI is InChI=1S/C14H16N2O3/c1-10-4-11(5-15)2-3-12(10)13(18)16-6-14(7-17)8-19-9-14/h2-4,17H,6-9H2,1H3,(H,16,18). The summed E-state index contributed by atoms with van der Waals surface area (Å²) in [6, 6.07) is 6.99. The Balaban J connectivity index is 2.02. The molecule has 0 spiro atoms. The number of aryl methyl sites for hydroxylation is 1. The number of nitrogens with zero attached hydrogens (tertiary/aromatic N) is 1. The van der Waals surface area contributed by atoms with Gasteiger partial charge in [0, 0.05) is 12.1 Å². The van der Waals surface area contributed by atoms with Gasteiger partial charge in [-0.05, 0) is 30.7 Å². The smallest absolute Gasteiger partial charge is 0.251 e. The molecule has 100 valence electrons. The minimum absolute atomic E-state index is 0.000365. The topological polar surface area (TPSA) is 82.4 Å². The second-order valence-corrected chi connectivity index (χ2v) is 4.98. The van der Waals surface area contributed by atoms with Crippen LogP contribution in [0.3, 0.4) is 0 Å². The first-order chi connectivity index (χ1) is 9.10. The zero-order valence-corrected chi connectivity index (χ0v) is 10.8. The molecule has 0 bridgehead atoms. The lowest BCUT2D eigenvalue weighted by Gasteiger charge is -2.39. The first kappa shape index (κ1) is 13.5. The normalized spacial score (nSPS) is 16.3. The molecule has 1 fully saturated rings. The van der Waals surface area contributed by atoms with Crippen LogP contribution in [0.1, 0.15) is 21.5 Å². The van der Waals surface area contributed by atoms with E-state index in [4.69, 9.17) is 10.00 Å². The van der Waals surface area contributed by atoms with E-state index in [1.807, 2.05) is 6.07 Å². The molecule has 1 aliphatic heterocycles. The Labute approximate surface area is 111 Å². The molecular weight excluding hydrogens is 244 g/mol. The van der Waals surface area contributed by atoms with Gasteiger partial charge in [0.1, 0.15) is 0 Å². The molecule has 1 heterocycles. The Kier molecular flexibility index (Phi) is 3.84. The molecule has 19 heavy (non-hydrogen) atoms. The fourth-order valence-corrected chi connectivity index (χ4v) is 1.99. The summed E-state index contributed by atoms with van der Waals surface area (Å²) in [5, 5.41) is 20.9. The van der Waals surface area contributed by atoms with Crippen LogP contribution in [0.5, 0.6) is 0 Å². The fraction of sp³-hybridized carbons (Fsp3) is 0.429. The van der Waals surface area contributed by atoms with Gasteiger partial charge in [0.2, 0.25) is 0 Å². The summed E-state index contributed by atoms with van der Waals surface area (Å²) in [5.41, 5.74) is 1.51. The van der Waals surface area contributed by atoms with Crippen molar-refractivity contribution in [3.8, 4) is 6.07 Å². The molecule has 5 nitrogen and oxygen atoms in total. The van der Waals surface area contributed by atoms with Crippen LogP contribution in [0.2, 0.25) is 0 Å². The van der Waals surface area contributed by atoms with Crippen molar-refractivity contribution in [1.29, 1.82) is 5.26 Å². The first-order valence-corrected chi connectivity index (χ1v) is 6.08. The van der Waals surface area contributed by atoms with E-state index in [2.05, 4.69) is 5.32 Å². The zero-order chi connectivity index (χ0) is 13.9. The third-order valence-electron chi connectivity index (χ3n) is 3.38. The average Bonchev–Trinajstić information content (AvgIpc) is 2.37. The van der Waals surface area contributed by atoms with Crippen molar-refractivity contribution in [2.45, 2.75) is 6.92 Å². The molecule has 5 heteroatoms. The lowest BCUT2D eigenvalue weighted by Crippen LogP contribution is -2.53. The minimum atomic E-state index is -0.337. The van der Waals surface area contributed by atoms with Crippen molar-refractivity contribution in [3.63, 3.8) is 0 Å². The largest absolute Gasteiger partial charge is 0.396 e. The fourth-order valence-electron chi connectivity index (χ4n) is 1.99. The zero-order valence-electron chi connectivity index (χ0n) is 10.8. The maximum atomic E-state index is 12.1. The van der Waals surface area contributed by atoms with Crippen LogP contribution in [0.15, 0.2) is 18.2 Å². The van der Waals surface area contributed by atoms with E-state index < -0.39 is 0 Å². The van der Waals surface area contributed by atoms with Gasteiger partial charge in [-0.1, -0.05) is 0 Å². The maximum absolute atomic E-state index is 12.1. The van der Waals surface area contributed by atoms with Crippen molar-refractivity contribution < 1.29 is 14.6 Å². The number of nitrogens with one attached hydrogen (secondary N) is 1. The van der Waals surface area contributed by atoms with E-state index in [-0.39, 0.29) is 17.9 Å². The van der Waals surface area contributed by atoms with Crippen LogP contribution in [0, 0.1) is 23.7 Å². The van der Waals surface area contributed by atoms with Gasteiger partial charge in [-0.15, -0.1) is 0 Å². The quantitative estimate of drug-likeness (QED) is 0.830. The summed E-state index contributed by atoms with van der Waals surface area (Å²) in [5.74, 6) is -0.193. The molecule has 2 rings (SSSR count). The highest BCUT2D eigenvalue weighted by Gasteiger charge is 2.38. The van der Waals surface area contributed by atoms with Crippen LogP contribution in [0.25, 0.3) is 0 Å². The van der Waals surface area contributed by atoms with Crippen molar-refractivity contribution in [2.75, 3.05) is 26.4 Å². The number of benzene rings is 1. The molecule has 1 aromatic rings. The monoisotopic (exact) mass is 260 g/mol. The molecule has 1 aromatic carbocycles. The molecule has 1 amide bonds. The van der Waals surface area contributed by atoms with Gasteiger partial charge < -0.3 is 15.2 Å². The summed E-state index contributed by atoms with van der Waals surface area (Å²) >= 11 is 0. The number of hydrogen-bond acceptors (Lipinski definition) is 4. The molecule has 2 N–H and O–H groups in total. The molecule has 1 aliphatic rings. The van der Waals surface area contributed by atoms with Gasteiger partial charge >= 0.3 is 0 Å². The summed E-state index contributed by atoms with van der Waals surface area (Å²) in [6.07, 6.45) is 0. The van der Waals surface area contributed by atoms with Crippen LogP contribution < -0.4 is 5.32 Å². The minimum Gasteiger partial charge on any atom is -0.396 e. The van der Waals surface area contributed by atoms with E-state index in [0.717, 1.165) is 5.56 Å². The van der Waals surface area contributed by atoms with Gasteiger partial charge in [-0.25, -0.2) is 0 Å². The molecule has 0 unspecified atom stereocenters.